The molecule has 0 amide bonds. The van der Waals surface area contributed by atoms with Crippen molar-refractivity contribution < 1.29 is 18.9 Å². The van der Waals surface area contributed by atoms with Crippen LogP contribution in [0.1, 0.15) is 18.3 Å². The lowest BCUT2D eigenvalue weighted by Gasteiger charge is -2.42. The Labute approximate surface area is 112 Å². The van der Waals surface area contributed by atoms with E-state index in [0.29, 0.717) is 13.0 Å². The van der Waals surface area contributed by atoms with Gasteiger partial charge in [0.1, 0.15) is 12.2 Å². The highest BCUT2D eigenvalue weighted by Gasteiger charge is 2.40. The van der Waals surface area contributed by atoms with Crippen molar-refractivity contribution >= 4 is 0 Å². The van der Waals surface area contributed by atoms with Gasteiger partial charge in [0, 0.05) is 19.1 Å². The van der Waals surface area contributed by atoms with Gasteiger partial charge in [0.05, 0.1) is 6.61 Å². The highest BCUT2D eigenvalue weighted by Crippen LogP contribution is 2.35. The van der Waals surface area contributed by atoms with Crippen molar-refractivity contribution in [3.05, 3.63) is 48.0 Å². The van der Waals surface area contributed by atoms with Crippen molar-refractivity contribution in [3.63, 3.8) is 0 Å². The molecule has 2 heterocycles. The SMILES string of the molecule is C=C1CC(OC)OC2COC(c3ccccc3)OC12. The summed E-state index contributed by atoms with van der Waals surface area (Å²) in [6.07, 6.45) is -0.174. The Morgan fingerprint density at radius 1 is 1.21 bits per heavy atom. The molecule has 0 N–H and O–H groups in total. The molecule has 2 fully saturated rings. The van der Waals surface area contributed by atoms with Gasteiger partial charge in [-0.1, -0.05) is 36.9 Å². The predicted molar refractivity (Wildman–Crippen MR) is 69.4 cm³/mol. The first kappa shape index (κ1) is 12.8. The minimum Gasteiger partial charge on any atom is -0.356 e. The smallest absolute Gasteiger partial charge is 0.184 e. The van der Waals surface area contributed by atoms with Gasteiger partial charge < -0.3 is 18.9 Å². The van der Waals surface area contributed by atoms with Crippen LogP contribution in [0.3, 0.4) is 0 Å². The minimum atomic E-state index is -0.345. The highest BCUT2D eigenvalue weighted by atomic mass is 16.7. The Hall–Kier alpha value is -1.20. The molecule has 4 atom stereocenters. The molecular formula is C15H18O4. The van der Waals surface area contributed by atoms with Crippen LogP contribution in [-0.4, -0.2) is 32.2 Å². The van der Waals surface area contributed by atoms with Gasteiger partial charge in [-0.25, -0.2) is 0 Å². The number of hydrogen-bond acceptors (Lipinski definition) is 4. The van der Waals surface area contributed by atoms with E-state index in [9.17, 15) is 0 Å². The fourth-order valence-electron chi connectivity index (χ4n) is 2.50. The van der Waals surface area contributed by atoms with Gasteiger partial charge >= 0.3 is 0 Å². The van der Waals surface area contributed by atoms with Crippen LogP contribution in [-0.2, 0) is 18.9 Å². The van der Waals surface area contributed by atoms with E-state index >= 15 is 0 Å². The second-order valence-electron chi connectivity index (χ2n) is 4.83. The fourth-order valence-corrected chi connectivity index (χ4v) is 2.50. The Morgan fingerprint density at radius 3 is 2.74 bits per heavy atom. The zero-order valence-electron chi connectivity index (χ0n) is 11.0. The zero-order valence-corrected chi connectivity index (χ0v) is 11.0. The van der Waals surface area contributed by atoms with Crippen LogP contribution >= 0.6 is 0 Å². The maximum Gasteiger partial charge on any atom is 0.184 e. The van der Waals surface area contributed by atoms with Gasteiger partial charge in [0.25, 0.3) is 0 Å². The van der Waals surface area contributed by atoms with Crippen LogP contribution in [0.2, 0.25) is 0 Å². The van der Waals surface area contributed by atoms with E-state index in [1.54, 1.807) is 7.11 Å². The number of hydrogen-bond donors (Lipinski definition) is 0. The molecule has 0 aromatic heterocycles. The molecule has 1 aromatic carbocycles. The number of fused-ring (bicyclic) bond motifs is 1. The zero-order chi connectivity index (χ0) is 13.2. The molecule has 0 radical (unpaired) electrons. The van der Waals surface area contributed by atoms with Crippen molar-refractivity contribution in [1.82, 2.24) is 0 Å². The third kappa shape index (κ3) is 2.58. The summed E-state index contributed by atoms with van der Waals surface area (Å²) in [4.78, 5) is 0. The van der Waals surface area contributed by atoms with Crippen molar-refractivity contribution in [1.29, 1.82) is 0 Å². The summed E-state index contributed by atoms with van der Waals surface area (Å²) in [6, 6.07) is 9.91. The van der Waals surface area contributed by atoms with Crippen molar-refractivity contribution in [2.75, 3.05) is 13.7 Å². The fraction of sp³-hybridized carbons (Fsp3) is 0.467. The first-order chi connectivity index (χ1) is 9.28. The molecule has 0 bridgehead atoms. The molecular weight excluding hydrogens is 244 g/mol. The van der Waals surface area contributed by atoms with E-state index in [2.05, 4.69) is 6.58 Å². The molecule has 3 rings (SSSR count). The Morgan fingerprint density at radius 2 is 2.00 bits per heavy atom. The quantitative estimate of drug-likeness (QED) is 0.767. The van der Waals surface area contributed by atoms with E-state index in [1.165, 1.54) is 0 Å². The topological polar surface area (TPSA) is 36.9 Å². The molecule has 0 aliphatic carbocycles. The molecule has 2 aliphatic heterocycles. The number of ether oxygens (including phenoxy) is 4. The summed E-state index contributed by atoms with van der Waals surface area (Å²) in [5.41, 5.74) is 2.02. The molecule has 4 nitrogen and oxygen atoms in total. The summed E-state index contributed by atoms with van der Waals surface area (Å²) in [5.74, 6) is 0. The van der Waals surface area contributed by atoms with E-state index in [0.717, 1.165) is 11.1 Å². The third-order valence-corrected chi connectivity index (χ3v) is 3.51. The molecule has 0 spiro atoms. The highest BCUT2D eigenvalue weighted by molar-refractivity contribution is 5.18. The molecule has 19 heavy (non-hydrogen) atoms. The molecule has 102 valence electrons. The Kier molecular flexibility index (Phi) is 3.66. The average molecular weight is 262 g/mol. The molecule has 2 saturated heterocycles. The lowest BCUT2D eigenvalue weighted by molar-refractivity contribution is -0.298. The van der Waals surface area contributed by atoms with Crippen LogP contribution in [0.5, 0.6) is 0 Å². The number of rotatable bonds is 2. The van der Waals surface area contributed by atoms with Crippen LogP contribution in [0.15, 0.2) is 42.5 Å². The maximum atomic E-state index is 5.98. The van der Waals surface area contributed by atoms with E-state index in [1.807, 2.05) is 30.3 Å². The summed E-state index contributed by atoms with van der Waals surface area (Å²) in [6.45, 7) is 4.57. The summed E-state index contributed by atoms with van der Waals surface area (Å²) < 4.78 is 22.7. The number of methoxy groups -OCH3 is 1. The molecule has 4 unspecified atom stereocenters. The maximum absolute atomic E-state index is 5.98. The largest absolute Gasteiger partial charge is 0.356 e. The van der Waals surface area contributed by atoms with Crippen molar-refractivity contribution in [2.45, 2.75) is 31.2 Å². The van der Waals surface area contributed by atoms with Gasteiger partial charge in [0.2, 0.25) is 0 Å². The standard InChI is InChI=1S/C15H18O4/c1-10-8-13(16-2)18-12-9-17-15(19-14(10)12)11-6-4-3-5-7-11/h3-7,12-15H,1,8-9H2,2H3. The van der Waals surface area contributed by atoms with Gasteiger partial charge in [-0.05, 0) is 5.57 Å². The first-order valence-corrected chi connectivity index (χ1v) is 6.46. The molecule has 2 aliphatic rings. The number of benzene rings is 1. The van der Waals surface area contributed by atoms with Crippen LogP contribution in [0.25, 0.3) is 0 Å². The van der Waals surface area contributed by atoms with Crippen LogP contribution < -0.4 is 0 Å². The first-order valence-electron chi connectivity index (χ1n) is 6.46. The normalized spacial score (nSPS) is 34.9. The predicted octanol–water partition coefficient (Wildman–Crippen LogP) is 2.42. The summed E-state index contributed by atoms with van der Waals surface area (Å²) >= 11 is 0. The van der Waals surface area contributed by atoms with Gasteiger partial charge in [0.15, 0.2) is 12.6 Å². The van der Waals surface area contributed by atoms with Crippen molar-refractivity contribution in [2.24, 2.45) is 0 Å². The van der Waals surface area contributed by atoms with Gasteiger partial charge in [-0.2, -0.15) is 0 Å². The second kappa shape index (κ2) is 5.43. The molecule has 1 aromatic rings. The second-order valence-corrected chi connectivity index (χ2v) is 4.83. The monoisotopic (exact) mass is 262 g/mol. The summed E-state index contributed by atoms with van der Waals surface area (Å²) in [5, 5.41) is 0. The Balaban J connectivity index is 1.72. The summed E-state index contributed by atoms with van der Waals surface area (Å²) in [7, 11) is 1.63. The minimum absolute atomic E-state index is 0.120. The van der Waals surface area contributed by atoms with E-state index < -0.39 is 0 Å². The average Bonchev–Trinajstić information content (AvgIpc) is 2.47. The molecule has 4 heteroatoms. The Bertz CT molecular complexity index is 445. The lowest BCUT2D eigenvalue weighted by atomic mass is 9.98. The lowest BCUT2D eigenvalue weighted by Crippen LogP contribution is -2.49. The van der Waals surface area contributed by atoms with Crippen LogP contribution in [0, 0.1) is 0 Å². The van der Waals surface area contributed by atoms with Gasteiger partial charge in [-0.15, -0.1) is 0 Å². The van der Waals surface area contributed by atoms with Crippen LogP contribution in [0.4, 0.5) is 0 Å². The molecule has 0 saturated carbocycles. The van der Waals surface area contributed by atoms with E-state index in [4.69, 9.17) is 18.9 Å². The van der Waals surface area contributed by atoms with E-state index in [-0.39, 0.29) is 24.8 Å². The van der Waals surface area contributed by atoms with Crippen molar-refractivity contribution in [3.8, 4) is 0 Å². The van der Waals surface area contributed by atoms with Gasteiger partial charge in [-0.3, -0.25) is 0 Å². The third-order valence-electron chi connectivity index (χ3n) is 3.51.